The van der Waals surface area contributed by atoms with E-state index < -0.39 is 0 Å². The van der Waals surface area contributed by atoms with Crippen molar-refractivity contribution < 1.29 is 4.79 Å². The van der Waals surface area contributed by atoms with E-state index in [9.17, 15) is 4.79 Å². The van der Waals surface area contributed by atoms with Gasteiger partial charge in [-0.15, -0.1) is 0 Å². The van der Waals surface area contributed by atoms with Crippen LogP contribution in [-0.4, -0.2) is 12.5 Å². The minimum Gasteiger partial charge on any atom is -0.399 e. The van der Waals surface area contributed by atoms with Crippen LogP contribution >= 0.6 is 23.2 Å². The summed E-state index contributed by atoms with van der Waals surface area (Å²) >= 11 is 12.1. The van der Waals surface area contributed by atoms with Gasteiger partial charge in [-0.1, -0.05) is 41.4 Å². The molecule has 5 heteroatoms. The fraction of sp³-hybridized carbons (Fsp3) is 0.133. The lowest BCUT2D eigenvalue weighted by Gasteiger charge is -2.22. The summed E-state index contributed by atoms with van der Waals surface area (Å²) < 4.78 is 0. The van der Waals surface area contributed by atoms with E-state index in [1.54, 1.807) is 11.0 Å². The molecule has 0 saturated carbocycles. The van der Waals surface area contributed by atoms with Crippen molar-refractivity contribution >= 4 is 40.5 Å². The van der Waals surface area contributed by atoms with Crippen LogP contribution in [-0.2, 0) is 0 Å². The maximum Gasteiger partial charge on any atom is 0.259 e. The van der Waals surface area contributed by atoms with Gasteiger partial charge in [0, 0.05) is 17.9 Å². The van der Waals surface area contributed by atoms with Crippen LogP contribution in [0.25, 0.3) is 0 Å². The third-order valence-electron chi connectivity index (χ3n) is 2.91. The predicted octanol–water partition coefficient (Wildman–Crippen LogP) is 4.24. The lowest BCUT2D eigenvalue weighted by molar-refractivity contribution is 0.0988. The first-order chi connectivity index (χ1) is 9.54. The molecular weight excluding hydrogens is 295 g/mol. The molecule has 0 spiro atoms. The SMILES string of the molecule is CCN(C(=O)c1cc(N)cc(Cl)c1Cl)c1ccccc1. The zero-order chi connectivity index (χ0) is 14.7. The highest BCUT2D eigenvalue weighted by Gasteiger charge is 2.20. The highest BCUT2D eigenvalue weighted by Crippen LogP contribution is 2.30. The number of anilines is 2. The fourth-order valence-corrected chi connectivity index (χ4v) is 2.38. The highest BCUT2D eigenvalue weighted by molar-refractivity contribution is 6.44. The molecule has 0 unspecified atom stereocenters. The van der Waals surface area contributed by atoms with Gasteiger partial charge >= 0.3 is 0 Å². The Morgan fingerprint density at radius 3 is 2.45 bits per heavy atom. The second-order valence-corrected chi connectivity index (χ2v) is 5.03. The van der Waals surface area contributed by atoms with E-state index in [0.29, 0.717) is 17.8 Å². The Morgan fingerprint density at radius 1 is 1.20 bits per heavy atom. The number of hydrogen-bond acceptors (Lipinski definition) is 2. The molecule has 2 rings (SSSR count). The Balaban J connectivity index is 2.44. The average Bonchev–Trinajstić information content (AvgIpc) is 2.44. The Labute approximate surface area is 127 Å². The minimum atomic E-state index is -0.224. The molecule has 0 radical (unpaired) electrons. The van der Waals surface area contributed by atoms with Crippen LogP contribution in [0.2, 0.25) is 10.0 Å². The van der Waals surface area contributed by atoms with Crippen LogP contribution in [0.1, 0.15) is 17.3 Å². The molecule has 20 heavy (non-hydrogen) atoms. The molecule has 0 atom stereocenters. The van der Waals surface area contributed by atoms with E-state index in [1.807, 2.05) is 37.3 Å². The maximum atomic E-state index is 12.6. The van der Waals surface area contributed by atoms with E-state index in [1.165, 1.54) is 6.07 Å². The van der Waals surface area contributed by atoms with Crippen molar-refractivity contribution in [3.63, 3.8) is 0 Å². The molecule has 104 valence electrons. The number of amides is 1. The molecule has 1 amide bonds. The smallest absolute Gasteiger partial charge is 0.259 e. The first-order valence-corrected chi connectivity index (χ1v) is 6.91. The molecule has 2 aromatic rings. The number of halogens is 2. The zero-order valence-electron chi connectivity index (χ0n) is 10.9. The summed E-state index contributed by atoms with van der Waals surface area (Å²) in [6.07, 6.45) is 0. The normalized spacial score (nSPS) is 10.3. The summed E-state index contributed by atoms with van der Waals surface area (Å²) in [4.78, 5) is 14.3. The molecule has 0 bridgehead atoms. The number of rotatable bonds is 3. The van der Waals surface area contributed by atoms with Gasteiger partial charge in [-0.2, -0.15) is 0 Å². The van der Waals surface area contributed by atoms with Crippen molar-refractivity contribution in [2.24, 2.45) is 0 Å². The Bertz CT molecular complexity index is 629. The van der Waals surface area contributed by atoms with Crippen LogP contribution in [0.15, 0.2) is 42.5 Å². The third-order valence-corrected chi connectivity index (χ3v) is 3.71. The third kappa shape index (κ3) is 2.89. The summed E-state index contributed by atoms with van der Waals surface area (Å²) in [5.41, 5.74) is 7.25. The number of carbonyl (C=O) groups is 1. The number of carbonyl (C=O) groups excluding carboxylic acids is 1. The van der Waals surface area contributed by atoms with E-state index in [0.717, 1.165) is 5.69 Å². The lowest BCUT2D eigenvalue weighted by Crippen LogP contribution is -2.30. The highest BCUT2D eigenvalue weighted by atomic mass is 35.5. The molecule has 0 aliphatic carbocycles. The van der Waals surface area contributed by atoms with Crippen LogP contribution in [0, 0.1) is 0 Å². The summed E-state index contributed by atoms with van der Waals surface area (Å²) in [5, 5.41) is 0.499. The van der Waals surface area contributed by atoms with Gasteiger partial charge in [-0.05, 0) is 31.2 Å². The first kappa shape index (κ1) is 14.7. The largest absolute Gasteiger partial charge is 0.399 e. The fourth-order valence-electron chi connectivity index (χ4n) is 1.96. The maximum absolute atomic E-state index is 12.6. The topological polar surface area (TPSA) is 46.3 Å². The molecular formula is C15H14Cl2N2O. The van der Waals surface area contributed by atoms with E-state index in [4.69, 9.17) is 28.9 Å². The molecule has 3 nitrogen and oxygen atoms in total. The van der Waals surface area contributed by atoms with Crippen molar-refractivity contribution in [3.05, 3.63) is 58.1 Å². The number of para-hydroxylation sites is 1. The van der Waals surface area contributed by atoms with Gasteiger partial charge in [0.15, 0.2) is 0 Å². The van der Waals surface area contributed by atoms with E-state index in [-0.39, 0.29) is 16.0 Å². The minimum absolute atomic E-state index is 0.222. The van der Waals surface area contributed by atoms with Crippen molar-refractivity contribution in [1.82, 2.24) is 0 Å². The molecule has 0 heterocycles. The van der Waals surface area contributed by atoms with Gasteiger partial charge in [0.25, 0.3) is 5.91 Å². The standard InChI is InChI=1S/C15H14Cl2N2O/c1-2-19(11-6-4-3-5-7-11)15(20)12-8-10(18)9-13(16)14(12)17/h3-9H,2,18H2,1H3. The summed E-state index contributed by atoms with van der Waals surface area (Å²) in [6.45, 7) is 2.41. The van der Waals surface area contributed by atoms with Crippen molar-refractivity contribution in [2.45, 2.75) is 6.92 Å². The van der Waals surface area contributed by atoms with Crippen LogP contribution < -0.4 is 10.6 Å². The molecule has 2 aromatic carbocycles. The van der Waals surface area contributed by atoms with Crippen LogP contribution in [0.4, 0.5) is 11.4 Å². The second-order valence-electron chi connectivity index (χ2n) is 4.25. The number of hydrogen-bond donors (Lipinski definition) is 1. The lowest BCUT2D eigenvalue weighted by atomic mass is 10.1. The molecule has 2 N–H and O–H groups in total. The van der Waals surface area contributed by atoms with E-state index >= 15 is 0 Å². The van der Waals surface area contributed by atoms with Crippen molar-refractivity contribution in [3.8, 4) is 0 Å². The Hall–Kier alpha value is -1.71. The molecule has 0 aliphatic heterocycles. The summed E-state index contributed by atoms with van der Waals surface area (Å²) in [6, 6.07) is 12.4. The predicted molar refractivity (Wildman–Crippen MR) is 84.7 cm³/mol. The number of nitrogens with zero attached hydrogens (tertiary/aromatic N) is 1. The Kier molecular flexibility index (Phi) is 4.53. The number of nitrogens with two attached hydrogens (primary N) is 1. The monoisotopic (exact) mass is 308 g/mol. The quantitative estimate of drug-likeness (QED) is 0.862. The van der Waals surface area contributed by atoms with Gasteiger partial charge in [0.1, 0.15) is 0 Å². The summed E-state index contributed by atoms with van der Waals surface area (Å²) in [5.74, 6) is -0.224. The molecule has 0 fully saturated rings. The van der Waals surface area contributed by atoms with E-state index in [2.05, 4.69) is 0 Å². The van der Waals surface area contributed by atoms with Gasteiger partial charge in [-0.25, -0.2) is 0 Å². The molecule has 0 aromatic heterocycles. The van der Waals surface area contributed by atoms with Gasteiger partial charge < -0.3 is 10.6 Å². The number of nitrogen functional groups attached to an aromatic ring is 1. The first-order valence-electron chi connectivity index (χ1n) is 6.16. The summed E-state index contributed by atoms with van der Waals surface area (Å²) in [7, 11) is 0. The van der Waals surface area contributed by atoms with Gasteiger partial charge in [-0.3, -0.25) is 4.79 Å². The molecule has 0 saturated heterocycles. The van der Waals surface area contributed by atoms with Crippen LogP contribution in [0.5, 0.6) is 0 Å². The van der Waals surface area contributed by atoms with Crippen LogP contribution in [0.3, 0.4) is 0 Å². The second kappa shape index (κ2) is 6.16. The zero-order valence-corrected chi connectivity index (χ0v) is 12.4. The van der Waals surface area contributed by atoms with Crippen molar-refractivity contribution in [2.75, 3.05) is 17.2 Å². The number of benzene rings is 2. The molecule has 0 aliphatic rings. The Morgan fingerprint density at radius 2 is 1.85 bits per heavy atom. The van der Waals surface area contributed by atoms with Gasteiger partial charge in [0.2, 0.25) is 0 Å². The average molecular weight is 309 g/mol. The van der Waals surface area contributed by atoms with Crippen molar-refractivity contribution in [1.29, 1.82) is 0 Å². The van der Waals surface area contributed by atoms with Gasteiger partial charge in [0.05, 0.1) is 15.6 Å².